The van der Waals surface area contributed by atoms with Gasteiger partial charge in [0, 0.05) is 12.2 Å². The van der Waals surface area contributed by atoms with Crippen molar-refractivity contribution >= 4 is 23.5 Å². The summed E-state index contributed by atoms with van der Waals surface area (Å²) in [5.41, 5.74) is 8.01. The van der Waals surface area contributed by atoms with Crippen molar-refractivity contribution in [3.63, 3.8) is 0 Å². The van der Waals surface area contributed by atoms with Gasteiger partial charge in [-0.25, -0.2) is 4.79 Å². The molecular weight excluding hydrogens is 356 g/mol. The average molecular weight is 380 g/mol. The molecule has 1 fully saturated rings. The number of para-hydroxylation sites is 1. The van der Waals surface area contributed by atoms with E-state index >= 15 is 0 Å². The van der Waals surface area contributed by atoms with Gasteiger partial charge in [0.2, 0.25) is 11.8 Å². The van der Waals surface area contributed by atoms with E-state index in [2.05, 4.69) is 5.32 Å². The fraction of sp³-hybridized carbons (Fsp3) is 0.286. The molecular formula is C21H24N4O3. The van der Waals surface area contributed by atoms with Crippen LogP contribution < -0.4 is 16.0 Å². The monoisotopic (exact) mass is 380 g/mol. The molecule has 4 amide bonds. The van der Waals surface area contributed by atoms with Crippen molar-refractivity contribution in [2.45, 2.75) is 19.4 Å². The van der Waals surface area contributed by atoms with Crippen molar-refractivity contribution in [2.75, 3.05) is 24.5 Å². The summed E-state index contributed by atoms with van der Waals surface area (Å²) in [5, 5.41) is 2.32. The maximum absolute atomic E-state index is 12.8. The fourth-order valence-corrected chi connectivity index (χ4v) is 3.49. The first kappa shape index (κ1) is 19.4. The Morgan fingerprint density at radius 1 is 1.11 bits per heavy atom. The van der Waals surface area contributed by atoms with E-state index in [0.717, 1.165) is 16.8 Å². The van der Waals surface area contributed by atoms with E-state index in [1.807, 2.05) is 61.5 Å². The number of urea groups is 1. The summed E-state index contributed by atoms with van der Waals surface area (Å²) in [6, 6.07) is 16.6. The lowest BCUT2D eigenvalue weighted by Gasteiger charge is -2.41. The summed E-state index contributed by atoms with van der Waals surface area (Å²) in [7, 11) is 0. The molecule has 7 heteroatoms. The molecule has 7 nitrogen and oxygen atoms in total. The van der Waals surface area contributed by atoms with Gasteiger partial charge in [0.15, 0.2) is 0 Å². The molecule has 1 saturated heterocycles. The molecule has 3 N–H and O–H groups in total. The minimum Gasteiger partial charge on any atom is -0.352 e. The Labute approximate surface area is 164 Å². The number of carbonyl (C=O) groups is 3. The molecule has 0 saturated carbocycles. The van der Waals surface area contributed by atoms with Crippen LogP contribution in [0.25, 0.3) is 0 Å². The van der Waals surface area contributed by atoms with E-state index in [4.69, 9.17) is 5.73 Å². The van der Waals surface area contributed by atoms with E-state index in [9.17, 15) is 14.4 Å². The van der Waals surface area contributed by atoms with Crippen molar-refractivity contribution in [1.29, 1.82) is 0 Å². The maximum Gasteiger partial charge on any atom is 0.312 e. The van der Waals surface area contributed by atoms with Gasteiger partial charge in [0.25, 0.3) is 0 Å². The fourth-order valence-electron chi connectivity index (χ4n) is 3.49. The third kappa shape index (κ3) is 4.49. The lowest BCUT2D eigenvalue weighted by atomic mass is 10.0. The topological polar surface area (TPSA) is 95.7 Å². The van der Waals surface area contributed by atoms with Gasteiger partial charge in [0.1, 0.15) is 6.54 Å². The van der Waals surface area contributed by atoms with Gasteiger partial charge in [-0.3, -0.25) is 9.59 Å². The molecule has 3 rings (SSSR count). The molecule has 0 unspecified atom stereocenters. The molecule has 0 bridgehead atoms. The van der Waals surface area contributed by atoms with Crippen LogP contribution in [0.5, 0.6) is 0 Å². The van der Waals surface area contributed by atoms with E-state index in [1.54, 1.807) is 9.80 Å². The van der Waals surface area contributed by atoms with Crippen LogP contribution in [0.1, 0.15) is 11.1 Å². The summed E-state index contributed by atoms with van der Waals surface area (Å²) in [4.78, 5) is 39.7. The van der Waals surface area contributed by atoms with Crippen LogP contribution in [0.2, 0.25) is 0 Å². The largest absolute Gasteiger partial charge is 0.352 e. The summed E-state index contributed by atoms with van der Waals surface area (Å²) in [6.07, 6.45) is 0.610. The lowest BCUT2D eigenvalue weighted by Crippen LogP contribution is -2.60. The summed E-state index contributed by atoms with van der Waals surface area (Å²) < 4.78 is 0. The number of amides is 4. The number of benzene rings is 2. The first-order valence-electron chi connectivity index (χ1n) is 9.18. The summed E-state index contributed by atoms with van der Waals surface area (Å²) >= 11 is 0. The van der Waals surface area contributed by atoms with Gasteiger partial charge in [-0.05, 0) is 30.5 Å². The number of aryl methyl sites for hydroxylation is 1. The number of carbonyl (C=O) groups excluding carboxylic acids is 3. The zero-order chi connectivity index (χ0) is 20.1. The number of nitrogens with zero attached hydrogens (tertiary/aromatic N) is 2. The van der Waals surface area contributed by atoms with Gasteiger partial charge in [-0.15, -0.1) is 0 Å². The SMILES string of the molecule is Cc1ccccc1N1C[C@@H](Cc2ccccc2)N(C(=O)CNC(N)=O)CC1=O. The Bertz CT molecular complexity index is 869. The second-order valence-corrected chi connectivity index (χ2v) is 6.87. The van der Waals surface area contributed by atoms with Crippen molar-refractivity contribution in [3.05, 3.63) is 65.7 Å². The molecule has 2 aromatic carbocycles. The van der Waals surface area contributed by atoms with Gasteiger partial charge in [-0.2, -0.15) is 0 Å². The third-order valence-corrected chi connectivity index (χ3v) is 4.90. The number of primary amides is 1. The van der Waals surface area contributed by atoms with Gasteiger partial charge in [0.05, 0.1) is 12.6 Å². The van der Waals surface area contributed by atoms with E-state index in [1.165, 1.54) is 0 Å². The number of rotatable bonds is 5. The summed E-state index contributed by atoms with van der Waals surface area (Å²) in [5.74, 6) is -0.469. The Morgan fingerprint density at radius 3 is 2.46 bits per heavy atom. The molecule has 1 aliphatic heterocycles. The Kier molecular flexibility index (Phi) is 5.93. The van der Waals surface area contributed by atoms with Gasteiger partial charge < -0.3 is 20.9 Å². The number of piperazine rings is 1. The highest BCUT2D eigenvalue weighted by Gasteiger charge is 2.36. The molecule has 1 aliphatic rings. The third-order valence-electron chi connectivity index (χ3n) is 4.90. The van der Waals surface area contributed by atoms with Crippen molar-refractivity contribution in [2.24, 2.45) is 5.73 Å². The average Bonchev–Trinajstić information content (AvgIpc) is 2.68. The van der Waals surface area contributed by atoms with Crippen molar-refractivity contribution < 1.29 is 14.4 Å². The number of hydrogen-bond donors (Lipinski definition) is 2. The van der Waals surface area contributed by atoms with Crippen LogP contribution in [0.4, 0.5) is 10.5 Å². The van der Waals surface area contributed by atoms with Crippen LogP contribution in [0.3, 0.4) is 0 Å². The summed E-state index contributed by atoms with van der Waals surface area (Å²) in [6.45, 7) is 2.09. The highest BCUT2D eigenvalue weighted by molar-refractivity contribution is 5.99. The van der Waals surface area contributed by atoms with Crippen molar-refractivity contribution in [3.8, 4) is 0 Å². The Morgan fingerprint density at radius 2 is 1.79 bits per heavy atom. The second-order valence-electron chi connectivity index (χ2n) is 6.87. The van der Waals surface area contributed by atoms with Crippen molar-refractivity contribution in [1.82, 2.24) is 10.2 Å². The molecule has 2 aromatic rings. The number of nitrogens with one attached hydrogen (secondary N) is 1. The number of nitrogens with two attached hydrogens (primary N) is 1. The van der Waals surface area contributed by atoms with Crippen LogP contribution >= 0.6 is 0 Å². The maximum atomic E-state index is 12.8. The zero-order valence-electron chi connectivity index (χ0n) is 15.8. The number of anilines is 1. The molecule has 146 valence electrons. The smallest absolute Gasteiger partial charge is 0.312 e. The standard InChI is InChI=1S/C21H24N4O3/c1-15-7-5-6-10-18(15)25-13-17(11-16-8-3-2-4-9-16)24(14-20(25)27)19(26)12-23-21(22)28/h2-10,17H,11-14H2,1H3,(H3,22,23,28)/t17-/m1/s1. The van der Waals surface area contributed by atoms with Crippen LogP contribution in [-0.2, 0) is 16.0 Å². The van der Waals surface area contributed by atoms with E-state index in [0.29, 0.717) is 13.0 Å². The minimum atomic E-state index is -0.766. The first-order valence-corrected chi connectivity index (χ1v) is 9.18. The molecule has 0 aliphatic carbocycles. The predicted octanol–water partition coefficient (Wildman–Crippen LogP) is 1.45. The molecule has 1 atom stereocenters. The van der Waals surface area contributed by atoms with Gasteiger partial charge in [-0.1, -0.05) is 48.5 Å². The van der Waals surface area contributed by atoms with Gasteiger partial charge >= 0.3 is 6.03 Å². The minimum absolute atomic E-state index is 0.0366. The predicted molar refractivity (Wildman–Crippen MR) is 107 cm³/mol. The molecule has 28 heavy (non-hydrogen) atoms. The second kappa shape index (κ2) is 8.56. The number of hydrogen-bond acceptors (Lipinski definition) is 3. The van der Waals surface area contributed by atoms with E-state index in [-0.39, 0.29) is 30.9 Å². The highest BCUT2D eigenvalue weighted by Crippen LogP contribution is 2.25. The van der Waals surface area contributed by atoms with Crippen LogP contribution in [0, 0.1) is 6.92 Å². The molecule has 0 spiro atoms. The first-order chi connectivity index (χ1) is 13.5. The highest BCUT2D eigenvalue weighted by atomic mass is 16.2. The Hall–Kier alpha value is -3.35. The van der Waals surface area contributed by atoms with Crippen LogP contribution in [-0.4, -0.2) is 48.4 Å². The molecule has 0 radical (unpaired) electrons. The quantitative estimate of drug-likeness (QED) is 0.822. The zero-order valence-corrected chi connectivity index (χ0v) is 15.8. The van der Waals surface area contributed by atoms with Crippen LogP contribution in [0.15, 0.2) is 54.6 Å². The normalized spacial score (nSPS) is 16.8. The molecule has 1 heterocycles. The molecule has 0 aromatic heterocycles. The lowest BCUT2D eigenvalue weighted by molar-refractivity contribution is -0.138. The Balaban J connectivity index is 1.85. The van der Waals surface area contributed by atoms with E-state index < -0.39 is 6.03 Å².